The van der Waals surface area contributed by atoms with E-state index in [0.717, 1.165) is 28.2 Å². The zero-order valence-electron chi connectivity index (χ0n) is 15.8. The Balaban J connectivity index is 1.49. The van der Waals surface area contributed by atoms with Crippen LogP contribution in [0.4, 0.5) is 0 Å². The fourth-order valence-electron chi connectivity index (χ4n) is 2.68. The van der Waals surface area contributed by atoms with Crippen LogP contribution >= 0.6 is 0 Å². The molecule has 0 saturated heterocycles. The molecule has 0 saturated carbocycles. The summed E-state index contributed by atoms with van der Waals surface area (Å²) in [6, 6.07) is 25.3. The number of ether oxygens (including phenoxy) is 2. The first-order chi connectivity index (χ1) is 13.7. The molecule has 0 radical (unpaired) electrons. The molecule has 3 aromatic carbocycles. The third-order valence-corrected chi connectivity index (χ3v) is 4.20. The van der Waals surface area contributed by atoms with Crippen LogP contribution in [0.3, 0.4) is 0 Å². The summed E-state index contributed by atoms with van der Waals surface area (Å²) in [6.07, 6.45) is 3.30. The van der Waals surface area contributed by atoms with Gasteiger partial charge in [0.2, 0.25) is 5.91 Å². The standard InChI is InChI=1S/C24H23NO3/c1-27-23-10-6-5-9-21(23)17-25-24(26)16-13-19-11-14-22(15-12-19)28-18-20-7-3-2-4-8-20/h2-16H,17-18H2,1H3,(H,25,26)/b16-13+. The van der Waals surface area contributed by atoms with E-state index in [1.54, 1.807) is 13.2 Å². The molecule has 0 fully saturated rings. The zero-order valence-corrected chi connectivity index (χ0v) is 15.8. The fraction of sp³-hybridized carbons (Fsp3) is 0.125. The second-order valence-corrected chi connectivity index (χ2v) is 6.21. The van der Waals surface area contributed by atoms with Crippen molar-refractivity contribution in [2.45, 2.75) is 13.2 Å². The van der Waals surface area contributed by atoms with Gasteiger partial charge in [-0.3, -0.25) is 4.79 Å². The Kier molecular flexibility index (Phi) is 6.85. The van der Waals surface area contributed by atoms with Gasteiger partial charge in [0.05, 0.1) is 7.11 Å². The molecular weight excluding hydrogens is 350 g/mol. The summed E-state index contributed by atoms with van der Waals surface area (Å²) in [5.74, 6) is 1.40. The molecule has 0 aliphatic heterocycles. The van der Waals surface area contributed by atoms with Crippen molar-refractivity contribution in [3.05, 3.63) is 102 Å². The van der Waals surface area contributed by atoms with Crippen molar-refractivity contribution in [2.24, 2.45) is 0 Å². The maximum atomic E-state index is 12.1. The van der Waals surface area contributed by atoms with E-state index in [4.69, 9.17) is 9.47 Å². The first-order valence-corrected chi connectivity index (χ1v) is 9.09. The number of hydrogen-bond donors (Lipinski definition) is 1. The van der Waals surface area contributed by atoms with Gasteiger partial charge in [-0.15, -0.1) is 0 Å². The van der Waals surface area contributed by atoms with E-state index in [9.17, 15) is 4.79 Å². The Morgan fingerprint density at radius 1 is 0.929 bits per heavy atom. The fourth-order valence-corrected chi connectivity index (χ4v) is 2.68. The lowest BCUT2D eigenvalue weighted by Crippen LogP contribution is -2.20. The summed E-state index contributed by atoms with van der Waals surface area (Å²) in [7, 11) is 1.62. The van der Waals surface area contributed by atoms with Crippen molar-refractivity contribution in [2.75, 3.05) is 7.11 Å². The Bertz CT molecular complexity index is 918. The van der Waals surface area contributed by atoms with Gasteiger partial charge in [0.15, 0.2) is 0 Å². The monoisotopic (exact) mass is 373 g/mol. The number of carbonyl (C=O) groups excluding carboxylic acids is 1. The van der Waals surface area contributed by atoms with Gasteiger partial charge < -0.3 is 14.8 Å². The number of nitrogens with one attached hydrogen (secondary N) is 1. The Morgan fingerprint density at radius 2 is 1.64 bits per heavy atom. The van der Waals surface area contributed by atoms with E-state index in [2.05, 4.69) is 5.32 Å². The number of carbonyl (C=O) groups is 1. The summed E-state index contributed by atoms with van der Waals surface area (Å²) < 4.78 is 11.1. The summed E-state index contributed by atoms with van der Waals surface area (Å²) in [5, 5.41) is 2.86. The molecule has 1 N–H and O–H groups in total. The molecule has 0 unspecified atom stereocenters. The lowest BCUT2D eigenvalue weighted by molar-refractivity contribution is -0.116. The van der Waals surface area contributed by atoms with Gasteiger partial charge in [0, 0.05) is 18.2 Å². The van der Waals surface area contributed by atoms with E-state index in [1.807, 2.05) is 78.9 Å². The highest BCUT2D eigenvalue weighted by molar-refractivity contribution is 5.91. The van der Waals surface area contributed by atoms with E-state index in [1.165, 1.54) is 6.08 Å². The molecule has 0 atom stereocenters. The molecule has 0 heterocycles. The van der Waals surface area contributed by atoms with Crippen molar-refractivity contribution in [3.8, 4) is 11.5 Å². The van der Waals surface area contributed by atoms with E-state index >= 15 is 0 Å². The zero-order chi connectivity index (χ0) is 19.6. The molecular formula is C24H23NO3. The molecule has 28 heavy (non-hydrogen) atoms. The highest BCUT2D eigenvalue weighted by Crippen LogP contribution is 2.17. The first kappa shape index (κ1) is 19.2. The summed E-state index contributed by atoms with van der Waals surface area (Å²) in [4.78, 5) is 12.1. The molecule has 4 heteroatoms. The lowest BCUT2D eigenvalue weighted by Gasteiger charge is -2.08. The van der Waals surface area contributed by atoms with Crippen LogP contribution in [0.5, 0.6) is 11.5 Å². The van der Waals surface area contributed by atoms with E-state index in [0.29, 0.717) is 13.2 Å². The van der Waals surface area contributed by atoms with Crippen LogP contribution in [0.1, 0.15) is 16.7 Å². The van der Waals surface area contributed by atoms with Crippen LogP contribution in [0.2, 0.25) is 0 Å². The molecule has 0 bridgehead atoms. The van der Waals surface area contributed by atoms with Crippen molar-refractivity contribution in [1.82, 2.24) is 5.32 Å². The maximum absolute atomic E-state index is 12.1. The molecule has 0 aliphatic rings. The minimum Gasteiger partial charge on any atom is -0.496 e. The number of rotatable bonds is 8. The Labute approximate surface area is 165 Å². The summed E-state index contributed by atoms with van der Waals surface area (Å²) in [6.45, 7) is 0.945. The molecule has 0 aliphatic carbocycles. The number of hydrogen-bond acceptors (Lipinski definition) is 3. The molecule has 0 aromatic heterocycles. The van der Waals surface area contributed by atoms with Crippen LogP contribution in [-0.2, 0) is 17.9 Å². The van der Waals surface area contributed by atoms with Crippen molar-refractivity contribution in [3.63, 3.8) is 0 Å². The van der Waals surface area contributed by atoms with Crippen LogP contribution in [0, 0.1) is 0 Å². The first-order valence-electron chi connectivity index (χ1n) is 9.09. The minimum atomic E-state index is -0.157. The number of para-hydroxylation sites is 1. The quantitative estimate of drug-likeness (QED) is 0.587. The Hall–Kier alpha value is -3.53. The molecule has 142 valence electrons. The van der Waals surface area contributed by atoms with Gasteiger partial charge >= 0.3 is 0 Å². The largest absolute Gasteiger partial charge is 0.496 e. The van der Waals surface area contributed by atoms with Gasteiger partial charge in [-0.25, -0.2) is 0 Å². The highest BCUT2D eigenvalue weighted by atomic mass is 16.5. The average molecular weight is 373 g/mol. The van der Waals surface area contributed by atoms with Gasteiger partial charge in [0.25, 0.3) is 0 Å². The van der Waals surface area contributed by atoms with Gasteiger partial charge in [-0.2, -0.15) is 0 Å². The van der Waals surface area contributed by atoms with Crippen LogP contribution < -0.4 is 14.8 Å². The number of amides is 1. The molecule has 1 amide bonds. The SMILES string of the molecule is COc1ccccc1CNC(=O)/C=C/c1ccc(OCc2ccccc2)cc1. The van der Waals surface area contributed by atoms with E-state index in [-0.39, 0.29) is 5.91 Å². The third-order valence-electron chi connectivity index (χ3n) is 4.20. The molecule has 3 aromatic rings. The number of methoxy groups -OCH3 is 1. The molecule has 3 rings (SSSR count). The summed E-state index contributed by atoms with van der Waals surface area (Å²) in [5.41, 5.74) is 2.99. The topological polar surface area (TPSA) is 47.6 Å². The molecule has 4 nitrogen and oxygen atoms in total. The van der Waals surface area contributed by atoms with Crippen molar-refractivity contribution >= 4 is 12.0 Å². The second-order valence-electron chi connectivity index (χ2n) is 6.21. The normalized spacial score (nSPS) is 10.6. The lowest BCUT2D eigenvalue weighted by atomic mass is 10.2. The van der Waals surface area contributed by atoms with Crippen LogP contribution in [0.15, 0.2) is 84.9 Å². The predicted molar refractivity (Wildman–Crippen MR) is 111 cm³/mol. The van der Waals surface area contributed by atoms with Gasteiger partial charge in [0.1, 0.15) is 18.1 Å². The summed E-state index contributed by atoms with van der Waals surface area (Å²) >= 11 is 0. The van der Waals surface area contributed by atoms with Crippen LogP contribution in [0.25, 0.3) is 6.08 Å². The smallest absolute Gasteiger partial charge is 0.244 e. The van der Waals surface area contributed by atoms with E-state index < -0.39 is 0 Å². The molecule has 0 spiro atoms. The number of benzene rings is 3. The Morgan fingerprint density at radius 3 is 2.39 bits per heavy atom. The van der Waals surface area contributed by atoms with Gasteiger partial charge in [-0.05, 0) is 35.4 Å². The average Bonchev–Trinajstić information content (AvgIpc) is 2.76. The van der Waals surface area contributed by atoms with Crippen molar-refractivity contribution in [1.29, 1.82) is 0 Å². The minimum absolute atomic E-state index is 0.157. The van der Waals surface area contributed by atoms with Crippen molar-refractivity contribution < 1.29 is 14.3 Å². The second kappa shape index (κ2) is 9.97. The van der Waals surface area contributed by atoms with Gasteiger partial charge in [-0.1, -0.05) is 60.7 Å². The third kappa shape index (κ3) is 5.74. The predicted octanol–water partition coefficient (Wildman–Crippen LogP) is 4.60. The maximum Gasteiger partial charge on any atom is 0.244 e. The highest BCUT2D eigenvalue weighted by Gasteiger charge is 2.03. The van der Waals surface area contributed by atoms with Crippen LogP contribution in [-0.4, -0.2) is 13.0 Å².